The van der Waals surface area contributed by atoms with Crippen molar-refractivity contribution in [3.8, 4) is 0 Å². The monoisotopic (exact) mass is 568 g/mol. The highest BCUT2D eigenvalue weighted by Gasteiger charge is 2.34. The lowest BCUT2D eigenvalue weighted by Gasteiger charge is -2.26. The van der Waals surface area contributed by atoms with E-state index in [0.717, 1.165) is 71.9 Å². The van der Waals surface area contributed by atoms with Crippen molar-refractivity contribution in [2.45, 2.75) is 89.4 Å². The van der Waals surface area contributed by atoms with E-state index >= 15 is 0 Å². The van der Waals surface area contributed by atoms with E-state index < -0.39 is 24.2 Å². The molecule has 6 heteroatoms. The van der Waals surface area contributed by atoms with Gasteiger partial charge in [-0.2, -0.15) is 0 Å². The van der Waals surface area contributed by atoms with E-state index in [0.29, 0.717) is 25.8 Å². The number of benzene rings is 3. The van der Waals surface area contributed by atoms with Gasteiger partial charge in [-0.3, -0.25) is 9.59 Å². The number of hydrogen-bond acceptors (Lipinski definition) is 4. The van der Waals surface area contributed by atoms with Crippen LogP contribution in [-0.2, 0) is 36.9 Å². The first kappa shape index (κ1) is 30.0. The molecule has 0 fully saturated rings. The summed E-state index contributed by atoms with van der Waals surface area (Å²) >= 11 is 0. The second-order valence-corrected chi connectivity index (χ2v) is 12.0. The van der Waals surface area contributed by atoms with E-state index in [1.807, 2.05) is 60.7 Å². The number of rotatable bonds is 12. The number of aryl methyl sites for hydroxylation is 1. The van der Waals surface area contributed by atoms with Gasteiger partial charge in [-0.1, -0.05) is 80.1 Å². The van der Waals surface area contributed by atoms with Gasteiger partial charge in [-0.05, 0) is 84.7 Å². The first-order valence-corrected chi connectivity index (χ1v) is 15.6. The first-order valence-electron chi connectivity index (χ1n) is 15.6. The molecule has 3 aromatic rings. The lowest BCUT2D eigenvalue weighted by Crippen LogP contribution is -2.40. The molecule has 4 N–H and O–H groups in total. The van der Waals surface area contributed by atoms with Gasteiger partial charge >= 0.3 is 0 Å². The fourth-order valence-corrected chi connectivity index (χ4v) is 6.66. The number of fused-ring (bicyclic) bond motifs is 2. The molecule has 3 aromatic carbocycles. The van der Waals surface area contributed by atoms with Crippen molar-refractivity contribution < 1.29 is 19.8 Å². The number of unbranched alkanes of at least 4 members (excludes halogenated alkanes) is 1. The van der Waals surface area contributed by atoms with Crippen LogP contribution in [0.2, 0.25) is 0 Å². The average Bonchev–Trinajstić information content (AvgIpc) is 3.31. The topological polar surface area (TPSA) is 98.7 Å². The summed E-state index contributed by atoms with van der Waals surface area (Å²) < 4.78 is 0. The van der Waals surface area contributed by atoms with Crippen LogP contribution in [0.15, 0.2) is 66.7 Å². The Kier molecular flexibility index (Phi) is 10.1. The van der Waals surface area contributed by atoms with Crippen molar-refractivity contribution in [1.82, 2.24) is 10.6 Å². The Morgan fingerprint density at radius 1 is 0.929 bits per heavy atom. The van der Waals surface area contributed by atoms with E-state index in [2.05, 4.69) is 23.6 Å². The Balaban J connectivity index is 1.35. The molecule has 0 aliphatic heterocycles. The minimum Gasteiger partial charge on any atom is -0.393 e. The minimum absolute atomic E-state index is 0.0585. The SMILES string of the molecule is CCCCNC(=O)c1c(C[C@@H](O)C[C@@H](Cc2ccccc2)C(=O)N[C@H]2c3ccccc3C[C@H]2O)ccc2c1CCCC2. The van der Waals surface area contributed by atoms with Crippen molar-refractivity contribution in [2.24, 2.45) is 5.92 Å². The van der Waals surface area contributed by atoms with Gasteiger partial charge in [-0.15, -0.1) is 0 Å². The summed E-state index contributed by atoms with van der Waals surface area (Å²) in [7, 11) is 0. The number of nitrogens with one attached hydrogen (secondary N) is 2. The maximum absolute atomic E-state index is 13.8. The molecular weight excluding hydrogens is 524 g/mol. The standard InChI is InChI=1S/C36H44N2O4/c1-2-3-19-37-36(42)33-27(18-17-25-13-7-9-15-30(25)33)21-29(39)22-28(20-24-11-5-4-6-12-24)35(41)38-34-31-16-10-8-14-26(31)23-32(34)40/h4-6,8,10-12,14,16-18,28-29,32,34,39-40H,2-3,7,9,13,15,19-23H2,1H3,(H,37,42)(H,38,41)/t28-,29-,32-,34+/m1/s1. The van der Waals surface area contributed by atoms with E-state index in [-0.39, 0.29) is 18.2 Å². The van der Waals surface area contributed by atoms with E-state index in [9.17, 15) is 19.8 Å². The molecule has 0 heterocycles. The molecule has 0 radical (unpaired) electrons. The lowest BCUT2D eigenvalue weighted by molar-refractivity contribution is -0.127. The predicted molar refractivity (Wildman–Crippen MR) is 165 cm³/mol. The van der Waals surface area contributed by atoms with Crippen LogP contribution < -0.4 is 10.6 Å². The number of aliphatic hydroxyl groups excluding tert-OH is 2. The van der Waals surface area contributed by atoms with Gasteiger partial charge in [0, 0.05) is 24.4 Å². The summed E-state index contributed by atoms with van der Waals surface area (Å²) in [6, 6.07) is 21.3. The molecule has 6 nitrogen and oxygen atoms in total. The van der Waals surface area contributed by atoms with Crippen LogP contribution >= 0.6 is 0 Å². The molecule has 0 saturated carbocycles. The third-order valence-corrected chi connectivity index (χ3v) is 8.87. The van der Waals surface area contributed by atoms with Crippen LogP contribution in [-0.4, -0.2) is 40.8 Å². The molecule has 0 bridgehead atoms. The molecule has 0 unspecified atom stereocenters. The maximum Gasteiger partial charge on any atom is 0.251 e. The zero-order valence-electron chi connectivity index (χ0n) is 24.6. The minimum atomic E-state index is -0.811. The highest BCUT2D eigenvalue weighted by atomic mass is 16.3. The largest absolute Gasteiger partial charge is 0.393 e. The van der Waals surface area contributed by atoms with E-state index in [1.54, 1.807) is 0 Å². The zero-order chi connectivity index (χ0) is 29.5. The Morgan fingerprint density at radius 2 is 1.69 bits per heavy atom. The Labute approximate surface area is 249 Å². The van der Waals surface area contributed by atoms with Crippen LogP contribution in [0.1, 0.15) is 88.8 Å². The summed E-state index contributed by atoms with van der Waals surface area (Å²) in [5, 5.41) is 28.4. The van der Waals surface area contributed by atoms with Crippen LogP contribution in [0, 0.1) is 5.92 Å². The van der Waals surface area contributed by atoms with Gasteiger partial charge in [-0.25, -0.2) is 0 Å². The van der Waals surface area contributed by atoms with Crippen molar-refractivity contribution in [3.05, 3.63) is 106 Å². The molecule has 42 heavy (non-hydrogen) atoms. The third-order valence-electron chi connectivity index (χ3n) is 8.87. The van der Waals surface area contributed by atoms with Gasteiger partial charge in [0.2, 0.25) is 5.91 Å². The fourth-order valence-electron chi connectivity index (χ4n) is 6.66. The Morgan fingerprint density at radius 3 is 2.50 bits per heavy atom. The zero-order valence-corrected chi connectivity index (χ0v) is 24.6. The summed E-state index contributed by atoms with van der Waals surface area (Å²) in [6.45, 7) is 2.74. The molecule has 5 rings (SSSR count). The normalized spacial score (nSPS) is 18.9. The number of amides is 2. The van der Waals surface area contributed by atoms with Gasteiger partial charge in [0.1, 0.15) is 0 Å². The van der Waals surface area contributed by atoms with E-state index in [4.69, 9.17) is 0 Å². The van der Waals surface area contributed by atoms with Crippen molar-refractivity contribution in [3.63, 3.8) is 0 Å². The Bertz CT molecular complexity index is 1370. The summed E-state index contributed by atoms with van der Waals surface area (Å²) in [5.41, 5.74) is 6.93. The molecule has 0 saturated heterocycles. The van der Waals surface area contributed by atoms with Gasteiger partial charge in [0.15, 0.2) is 0 Å². The summed E-state index contributed by atoms with van der Waals surface area (Å²) in [5.74, 6) is -0.736. The van der Waals surface area contributed by atoms with Gasteiger partial charge < -0.3 is 20.8 Å². The fraction of sp³-hybridized carbons (Fsp3) is 0.444. The summed E-state index contributed by atoms with van der Waals surface area (Å²) in [6.07, 6.45) is 6.01. The third kappa shape index (κ3) is 7.11. The molecule has 0 aromatic heterocycles. The molecule has 222 valence electrons. The lowest BCUT2D eigenvalue weighted by atomic mass is 9.83. The highest BCUT2D eigenvalue weighted by Crippen LogP contribution is 2.32. The number of hydrogen-bond donors (Lipinski definition) is 4. The maximum atomic E-state index is 13.8. The van der Waals surface area contributed by atoms with Crippen molar-refractivity contribution in [2.75, 3.05) is 6.54 Å². The molecule has 2 amide bonds. The average molecular weight is 569 g/mol. The molecule has 0 spiro atoms. The number of carbonyl (C=O) groups excluding carboxylic acids is 2. The van der Waals surface area contributed by atoms with Crippen LogP contribution in [0.4, 0.5) is 0 Å². The summed E-state index contributed by atoms with van der Waals surface area (Å²) in [4.78, 5) is 27.2. The predicted octanol–water partition coefficient (Wildman–Crippen LogP) is 5.02. The number of carbonyl (C=O) groups is 2. The molecule has 4 atom stereocenters. The van der Waals surface area contributed by atoms with Gasteiger partial charge in [0.25, 0.3) is 5.91 Å². The quantitative estimate of drug-likeness (QED) is 0.231. The van der Waals surface area contributed by atoms with Crippen LogP contribution in [0.3, 0.4) is 0 Å². The van der Waals surface area contributed by atoms with E-state index in [1.165, 1.54) is 5.56 Å². The second kappa shape index (κ2) is 14.1. The van der Waals surface area contributed by atoms with Crippen LogP contribution in [0.25, 0.3) is 0 Å². The van der Waals surface area contributed by atoms with Crippen LogP contribution in [0.5, 0.6) is 0 Å². The molecule has 2 aliphatic rings. The Hall–Kier alpha value is -3.48. The first-order chi connectivity index (χ1) is 20.4. The van der Waals surface area contributed by atoms with Crippen molar-refractivity contribution >= 4 is 11.8 Å². The smallest absolute Gasteiger partial charge is 0.251 e. The highest BCUT2D eigenvalue weighted by molar-refractivity contribution is 5.97. The molecule has 2 aliphatic carbocycles. The number of aliphatic hydroxyl groups is 2. The second-order valence-electron chi connectivity index (χ2n) is 12.0. The van der Waals surface area contributed by atoms with Gasteiger partial charge in [0.05, 0.1) is 18.2 Å². The van der Waals surface area contributed by atoms with Crippen molar-refractivity contribution in [1.29, 1.82) is 0 Å². The molecular formula is C36H44N2O4.